The van der Waals surface area contributed by atoms with Crippen LogP contribution in [0.15, 0.2) is 60.7 Å². The Morgan fingerprint density at radius 2 is 1.43 bits per heavy atom. The molecule has 12 heteroatoms. The van der Waals surface area contributed by atoms with Gasteiger partial charge in [0, 0.05) is 17.4 Å². The zero-order valence-electron chi connectivity index (χ0n) is 19.2. The van der Waals surface area contributed by atoms with Gasteiger partial charge in [0.25, 0.3) is 0 Å². The van der Waals surface area contributed by atoms with Crippen LogP contribution in [0.3, 0.4) is 0 Å². The molecule has 0 aliphatic heterocycles. The number of carbonyl (C=O) groups excluding carboxylic acids is 2. The molecule has 1 atom stereocenters. The molecular formula is C23H26ClN7O4. The summed E-state index contributed by atoms with van der Waals surface area (Å²) in [6.07, 6.45) is -2.29. The van der Waals surface area contributed by atoms with Crippen molar-refractivity contribution in [1.29, 1.82) is 0 Å². The summed E-state index contributed by atoms with van der Waals surface area (Å²) in [6.45, 7) is 3.65. The summed E-state index contributed by atoms with van der Waals surface area (Å²) in [4.78, 5) is 36.9. The van der Waals surface area contributed by atoms with Gasteiger partial charge in [-0.2, -0.15) is 15.0 Å². The molecule has 2 amide bonds. The van der Waals surface area contributed by atoms with Crippen LogP contribution in [-0.4, -0.2) is 52.4 Å². The minimum absolute atomic E-state index is 0.0107. The van der Waals surface area contributed by atoms with Gasteiger partial charge >= 0.3 is 12.2 Å². The van der Waals surface area contributed by atoms with Crippen molar-refractivity contribution >= 4 is 47.1 Å². The lowest BCUT2D eigenvalue weighted by atomic mass is 10.3. The van der Waals surface area contributed by atoms with Gasteiger partial charge < -0.3 is 20.1 Å². The molecule has 2 aromatic carbocycles. The summed E-state index contributed by atoms with van der Waals surface area (Å²) in [6, 6.07) is 17.7. The lowest BCUT2D eigenvalue weighted by Crippen LogP contribution is -2.34. The third kappa shape index (κ3) is 9.33. The Kier molecular flexibility index (Phi) is 9.43. The van der Waals surface area contributed by atoms with E-state index in [0.717, 1.165) is 0 Å². The zero-order chi connectivity index (χ0) is 25.0. The van der Waals surface area contributed by atoms with Gasteiger partial charge in [0.2, 0.25) is 17.2 Å². The third-order valence-electron chi connectivity index (χ3n) is 4.23. The first kappa shape index (κ1) is 25.5. The van der Waals surface area contributed by atoms with Crippen molar-refractivity contribution in [2.75, 3.05) is 34.4 Å². The van der Waals surface area contributed by atoms with Crippen molar-refractivity contribution in [3.8, 4) is 0 Å². The first-order valence-corrected chi connectivity index (χ1v) is 11.2. The summed E-state index contributed by atoms with van der Waals surface area (Å²) >= 11 is 5.99. The molecular weight excluding hydrogens is 474 g/mol. The van der Waals surface area contributed by atoms with Crippen LogP contribution in [0.5, 0.6) is 0 Å². The normalized spacial score (nSPS) is 11.3. The Hall–Kier alpha value is -4.12. The van der Waals surface area contributed by atoms with Crippen LogP contribution in [0.25, 0.3) is 0 Å². The van der Waals surface area contributed by atoms with Crippen molar-refractivity contribution in [3.63, 3.8) is 0 Å². The molecule has 184 valence electrons. The smallest absolute Gasteiger partial charge is 0.412 e. The number of ether oxygens (including phenoxy) is 2. The van der Waals surface area contributed by atoms with E-state index in [4.69, 9.17) is 21.1 Å². The minimum Gasteiger partial charge on any atom is -0.445 e. The summed E-state index contributed by atoms with van der Waals surface area (Å²) in [5.41, 5.74) is 1.13. The molecule has 0 spiro atoms. The molecule has 1 unspecified atom stereocenters. The maximum absolute atomic E-state index is 12.4. The van der Waals surface area contributed by atoms with Gasteiger partial charge in [-0.1, -0.05) is 36.4 Å². The highest BCUT2D eigenvalue weighted by molar-refractivity contribution is 6.28. The molecule has 0 radical (unpaired) electrons. The molecule has 1 aromatic heterocycles. The number of benzene rings is 2. The summed E-state index contributed by atoms with van der Waals surface area (Å²) in [5.74, 6) is 0.458. The topological polar surface area (TPSA) is 139 Å². The van der Waals surface area contributed by atoms with Crippen molar-refractivity contribution < 1.29 is 19.1 Å². The molecule has 0 bridgehead atoms. The van der Waals surface area contributed by atoms with E-state index in [9.17, 15) is 9.59 Å². The molecule has 0 aliphatic rings. The van der Waals surface area contributed by atoms with E-state index < -0.39 is 18.3 Å². The fourth-order valence-corrected chi connectivity index (χ4v) is 2.92. The number of para-hydroxylation sites is 2. The van der Waals surface area contributed by atoms with Gasteiger partial charge in [0.1, 0.15) is 6.61 Å². The second kappa shape index (κ2) is 12.9. The van der Waals surface area contributed by atoms with Gasteiger partial charge in [-0.3, -0.25) is 10.6 Å². The Morgan fingerprint density at radius 1 is 0.857 bits per heavy atom. The minimum atomic E-state index is -0.878. The monoisotopic (exact) mass is 499 g/mol. The molecule has 35 heavy (non-hydrogen) atoms. The average Bonchev–Trinajstić information content (AvgIpc) is 2.81. The number of hydrogen-bond acceptors (Lipinski definition) is 9. The number of halogens is 1. The lowest BCUT2D eigenvalue weighted by Gasteiger charge is -2.19. The largest absolute Gasteiger partial charge is 0.445 e. The molecule has 4 N–H and O–H groups in total. The summed E-state index contributed by atoms with van der Waals surface area (Å²) in [7, 11) is 0. The maximum atomic E-state index is 12.4. The summed E-state index contributed by atoms with van der Waals surface area (Å²) < 4.78 is 10.7. The van der Waals surface area contributed by atoms with Gasteiger partial charge in [-0.15, -0.1) is 0 Å². The molecule has 3 rings (SSSR count). The highest BCUT2D eigenvalue weighted by Gasteiger charge is 2.19. The second-order valence-corrected chi connectivity index (χ2v) is 7.88. The van der Waals surface area contributed by atoms with Crippen molar-refractivity contribution in [2.45, 2.75) is 26.0 Å². The van der Waals surface area contributed by atoms with Crippen molar-refractivity contribution in [1.82, 2.24) is 15.0 Å². The van der Waals surface area contributed by atoms with Crippen LogP contribution in [0.2, 0.25) is 5.28 Å². The fourth-order valence-electron chi connectivity index (χ4n) is 2.76. The number of anilines is 4. The molecule has 0 saturated carbocycles. The average molecular weight is 500 g/mol. The van der Waals surface area contributed by atoms with Crippen LogP contribution >= 0.6 is 11.6 Å². The number of rotatable bonds is 10. The van der Waals surface area contributed by atoms with Gasteiger partial charge in [0.05, 0.1) is 6.54 Å². The first-order valence-electron chi connectivity index (χ1n) is 10.8. The van der Waals surface area contributed by atoms with Crippen LogP contribution < -0.4 is 21.3 Å². The van der Waals surface area contributed by atoms with Crippen LogP contribution in [0.4, 0.5) is 32.9 Å². The highest BCUT2D eigenvalue weighted by Crippen LogP contribution is 2.12. The van der Waals surface area contributed by atoms with Gasteiger partial charge in [0.15, 0.2) is 6.10 Å². The van der Waals surface area contributed by atoms with E-state index in [0.29, 0.717) is 17.3 Å². The van der Waals surface area contributed by atoms with E-state index >= 15 is 0 Å². The van der Waals surface area contributed by atoms with Crippen LogP contribution in [-0.2, 0) is 9.47 Å². The van der Waals surface area contributed by atoms with E-state index in [2.05, 4.69) is 36.2 Å². The predicted octanol–water partition coefficient (Wildman–Crippen LogP) is 4.62. The number of aromatic nitrogens is 3. The zero-order valence-corrected chi connectivity index (χ0v) is 20.0. The number of nitrogens with zero attached hydrogens (tertiary/aromatic N) is 3. The molecule has 11 nitrogen and oxygen atoms in total. The molecule has 1 heterocycles. The number of amides is 2. The van der Waals surface area contributed by atoms with Crippen molar-refractivity contribution in [2.24, 2.45) is 0 Å². The molecule has 0 saturated heterocycles. The fraction of sp³-hybridized carbons (Fsp3) is 0.261. The maximum Gasteiger partial charge on any atom is 0.412 e. The molecule has 0 fully saturated rings. The van der Waals surface area contributed by atoms with Crippen LogP contribution in [0.1, 0.15) is 13.8 Å². The van der Waals surface area contributed by atoms with E-state index in [1.54, 1.807) is 48.5 Å². The summed E-state index contributed by atoms with van der Waals surface area (Å²) in [5, 5.41) is 11.2. The Morgan fingerprint density at radius 3 is 2.03 bits per heavy atom. The van der Waals surface area contributed by atoms with Crippen LogP contribution in [0, 0.1) is 0 Å². The van der Waals surface area contributed by atoms with Gasteiger partial charge in [-0.25, -0.2) is 9.59 Å². The highest BCUT2D eigenvalue weighted by atomic mass is 35.5. The lowest BCUT2D eigenvalue weighted by molar-refractivity contribution is 0.0620. The first-order chi connectivity index (χ1) is 16.9. The number of nitrogens with one attached hydrogen (secondary N) is 4. The van der Waals surface area contributed by atoms with E-state index in [1.807, 2.05) is 26.0 Å². The van der Waals surface area contributed by atoms with E-state index in [-0.39, 0.29) is 30.4 Å². The predicted molar refractivity (Wildman–Crippen MR) is 134 cm³/mol. The van der Waals surface area contributed by atoms with Crippen molar-refractivity contribution in [3.05, 3.63) is 65.9 Å². The quantitative estimate of drug-likeness (QED) is 0.314. The molecule has 0 aliphatic carbocycles. The SMILES string of the molecule is CC(C)Nc1nc(Cl)nc(NCC(COC(=O)Nc2ccccc2)OC(=O)Nc2ccccc2)n1. The second-order valence-electron chi connectivity index (χ2n) is 7.54. The third-order valence-corrected chi connectivity index (χ3v) is 4.40. The van der Waals surface area contributed by atoms with Gasteiger partial charge in [-0.05, 0) is 49.7 Å². The Balaban J connectivity index is 1.62. The number of carbonyl (C=O) groups is 2. The molecule has 3 aromatic rings. The Labute approximate surface area is 207 Å². The van der Waals surface area contributed by atoms with E-state index in [1.165, 1.54) is 0 Å². The standard InChI is InChI=1S/C23H26ClN7O4/c1-15(2)26-21-30-19(24)29-20(31-21)25-13-18(35-23(33)28-17-11-7-4-8-12-17)14-34-22(32)27-16-9-5-3-6-10-16/h3-12,15,18H,13-14H2,1-2H3,(H,27,32)(H,28,33)(H2,25,26,29,30,31). The number of hydrogen-bond donors (Lipinski definition) is 4. The Bertz CT molecular complexity index is 1100.